The molecule has 2 heterocycles. The molecule has 7 heteroatoms. The van der Waals surface area contributed by atoms with Crippen LogP contribution in [0.15, 0.2) is 59.3 Å². The third-order valence-electron chi connectivity index (χ3n) is 3.10. The second-order valence-electron chi connectivity index (χ2n) is 4.45. The van der Waals surface area contributed by atoms with Crippen molar-refractivity contribution in [1.29, 1.82) is 0 Å². The van der Waals surface area contributed by atoms with E-state index in [-0.39, 0.29) is 11.2 Å². The highest BCUT2D eigenvalue weighted by molar-refractivity contribution is 7.99. The molecular formula is C15H14N4O2S. The zero-order valence-corrected chi connectivity index (χ0v) is 12.8. The summed E-state index contributed by atoms with van der Waals surface area (Å²) < 4.78 is 8.40. The minimum atomic E-state index is -0.228. The zero-order valence-electron chi connectivity index (χ0n) is 12.0. The van der Waals surface area contributed by atoms with Crippen LogP contribution in [0.1, 0.15) is 0 Å². The van der Waals surface area contributed by atoms with Gasteiger partial charge in [-0.05, 0) is 12.1 Å². The van der Waals surface area contributed by atoms with E-state index in [1.807, 2.05) is 18.2 Å². The lowest BCUT2D eigenvalue weighted by Gasteiger charge is -2.07. The van der Waals surface area contributed by atoms with Crippen LogP contribution in [-0.2, 0) is 0 Å². The van der Waals surface area contributed by atoms with E-state index in [2.05, 4.69) is 16.8 Å². The molecular weight excluding hydrogens is 300 g/mol. The predicted octanol–water partition coefficient (Wildman–Crippen LogP) is 2.17. The molecule has 0 amide bonds. The molecule has 0 unspecified atom stereocenters. The van der Waals surface area contributed by atoms with Gasteiger partial charge in [0.25, 0.3) is 0 Å². The first-order valence-corrected chi connectivity index (χ1v) is 7.57. The van der Waals surface area contributed by atoms with Gasteiger partial charge in [0, 0.05) is 24.2 Å². The Kier molecular flexibility index (Phi) is 3.97. The highest BCUT2D eigenvalue weighted by Gasteiger charge is 2.11. The van der Waals surface area contributed by atoms with Gasteiger partial charge in [-0.2, -0.15) is 0 Å². The maximum Gasteiger partial charge on any atom is 0.300 e. The summed E-state index contributed by atoms with van der Waals surface area (Å²) in [5.41, 5.74) is 0.778. The second kappa shape index (κ2) is 6.07. The molecule has 0 saturated carbocycles. The zero-order chi connectivity index (χ0) is 15.5. The molecule has 0 atom stereocenters. The first-order chi connectivity index (χ1) is 10.7. The van der Waals surface area contributed by atoms with Crippen molar-refractivity contribution in [3.8, 4) is 11.4 Å². The van der Waals surface area contributed by atoms with E-state index in [1.54, 1.807) is 36.0 Å². The van der Waals surface area contributed by atoms with Crippen molar-refractivity contribution < 1.29 is 4.74 Å². The molecule has 0 saturated heterocycles. The van der Waals surface area contributed by atoms with Crippen LogP contribution in [0.5, 0.6) is 5.75 Å². The van der Waals surface area contributed by atoms with E-state index in [1.165, 1.54) is 16.3 Å². The molecule has 2 aromatic heterocycles. The number of hydrogen-bond donors (Lipinski definition) is 0. The first-order valence-electron chi connectivity index (χ1n) is 6.59. The predicted molar refractivity (Wildman–Crippen MR) is 86.1 cm³/mol. The van der Waals surface area contributed by atoms with Crippen LogP contribution in [0.3, 0.4) is 0 Å². The van der Waals surface area contributed by atoms with Gasteiger partial charge in [0.2, 0.25) is 5.65 Å². The molecule has 3 rings (SSSR count). The van der Waals surface area contributed by atoms with Crippen LogP contribution in [-0.4, -0.2) is 32.0 Å². The third-order valence-corrected chi connectivity index (χ3v) is 4.04. The third kappa shape index (κ3) is 2.50. The lowest BCUT2D eigenvalue weighted by Crippen LogP contribution is -2.20. The average Bonchev–Trinajstić information content (AvgIpc) is 2.97. The number of rotatable bonds is 5. The largest absolute Gasteiger partial charge is 0.497 e. The van der Waals surface area contributed by atoms with Crippen LogP contribution in [0.4, 0.5) is 0 Å². The van der Waals surface area contributed by atoms with Crippen molar-refractivity contribution in [2.75, 3.05) is 12.9 Å². The Morgan fingerprint density at radius 3 is 3.00 bits per heavy atom. The maximum absolute atomic E-state index is 12.6. The fourth-order valence-corrected chi connectivity index (χ4v) is 2.71. The molecule has 0 aliphatic rings. The Bertz CT molecular complexity index is 885. The highest BCUT2D eigenvalue weighted by atomic mass is 32.2. The number of benzene rings is 1. The number of ether oxygens (including phenoxy) is 1. The van der Waals surface area contributed by atoms with Crippen LogP contribution in [0.25, 0.3) is 11.3 Å². The number of aromatic nitrogens is 4. The van der Waals surface area contributed by atoms with Gasteiger partial charge in [0.15, 0.2) is 5.16 Å². The summed E-state index contributed by atoms with van der Waals surface area (Å²) in [6.45, 7) is 3.67. The van der Waals surface area contributed by atoms with Gasteiger partial charge in [-0.1, -0.05) is 23.9 Å². The summed E-state index contributed by atoms with van der Waals surface area (Å²) in [7, 11) is 1.59. The highest BCUT2D eigenvalue weighted by Crippen LogP contribution is 2.17. The standard InChI is InChI=1S/C15H14N4O2S/c1-3-9-22-15-17-16-13-14(20)18(7-8-19(13)15)11-5-4-6-12(10-11)21-2/h3-8,10H,1,9H2,2H3. The number of methoxy groups -OCH3 is 1. The van der Waals surface area contributed by atoms with Crippen molar-refractivity contribution >= 4 is 17.4 Å². The van der Waals surface area contributed by atoms with Crippen LogP contribution in [0.2, 0.25) is 0 Å². The molecule has 0 spiro atoms. The van der Waals surface area contributed by atoms with Crippen molar-refractivity contribution in [3.63, 3.8) is 0 Å². The van der Waals surface area contributed by atoms with Gasteiger partial charge in [-0.25, -0.2) is 0 Å². The number of nitrogens with zero attached hydrogens (tertiary/aromatic N) is 4. The summed E-state index contributed by atoms with van der Waals surface area (Å²) in [5.74, 6) is 1.40. The smallest absolute Gasteiger partial charge is 0.300 e. The molecule has 1 aromatic carbocycles. The molecule has 0 N–H and O–H groups in total. The van der Waals surface area contributed by atoms with E-state index in [9.17, 15) is 4.79 Å². The second-order valence-corrected chi connectivity index (χ2v) is 5.44. The minimum absolute atomic E-state index is 0.228. The monoisotopic (exact) mass is 314 g/mol. The Morgan fingerprint density at radius 1 is 1.36 bits per heavy atom. The van der Waals surface area contributed by atoms with Crippen LogP contribution in [0, 0.1) is 0 Å². The van der Waals surface area contributed by atoms with Gasteiger partial charge in [-0.15, -0.1) is 16.8 Å². The van der Waals surface area contributed by atoms with Crippen molar-refractivity contribution in [1.82, 2.24) is 19.2 Å². The van der Waals surface area contributed by atoms with Gasteiger partial charge in [0.05, 0.1) is 12.8 Å². The summed E-state index contributed by atoms with van der Waals surface area (Å²) in [6, 6.07) is 7.29. The summed E-state index contributed by atoms with van der Waals surface area (Å²) in [6.07, 6.45) is 5.26. The van der Waals surface area contributed by atoms with Gasteiger partial charge >= 0.3 is 5.56 Å². The molecule has 3 aromatic rings. The lowest BCUT2D eigenvalue weighted by molar-refractivity contribution is 0.414. The summed E-state index contributed by atoms with van der Waals surface area (Å²) >= 11 is 1.48. The molecule has 0 bridgehead atoms. The van der Waals surface area contributed by atoms with E-state index in [4.69, 9.17) is 4.74 Å². The van der Waals surface area contributed by atoms with Crippen LogP contribution >= 0.6 is 11.8 Å². The fourth-order valence-electron chi connectivity index (χ4n) is 2.06. The maximum atomic E-state index is 12.6. The van der Waals surface area contributed by atoms with E-state index in [0.29, 0.717) is 16.7 Å². The van der Waals surface area contributed by atoms with Gasteiger partial charge in [-0.3, -0.25) is 13.8 Å². The Morgan fingerprint density at radius 2 is 2.23 bits per heavy atom. The molecule has 0 aliphatic carbocycles. The van der Waals surface area contributed by atoms with Crippen LogP contribution < -0.4 is 10.3 Å². The van der Waals surface area contributed by atoms with E-state index in [0.717, 1.165) is 5.69 Å². The average molecular weight is 314 g/mol. The Balaban J connectivity index is 2.10. The molecule has 0 fully saturated rings. The normalized spacial score (nSPS) is 10.8. The molecule has 6 nitrogen and oxygen atoms in total. The van der Waals surface area contributed by atoms with Crippen molar-refractivity contribution in [2.24, 2.45) is 0 Å². The summed E-state index contributed by atoms with van der Waals surface area (Å²) in [4.78, 5) is 12.6. The minimum Gasteiger partial charge on any atom is -0.497 e. The van der Waals surface area contributed by atoms with Crippen molar-refractivity contribution in [3.05, 3.63) is 59.7 Å². The molecule has 112 valence electrons. The molecule has 0 radical (unpaired) electrons. The quantitative estimate of drug-likeness (QED) is 0.533. The lowest BCUT2D eigenvalue weighted by atomic mass is 10.3. The Labute approximate surface area is 131 Å². The van der Waals surface area contributed by atoms with Gasteiger partial charge < -0.3 is 4.74 Å². The topological polar surface area (TPSA) is 61.4 Å². The molecule has 0 aliphatic heterocycles. The fraction of sp³-hybridized carbons (Fsp3) is 0.133. The first kappa shape index (κ1) is 14.4. The number of fused-ring (bicyclic) bond motifs is 1. The van der Waals surface area contributed by atoms with E-state index < -0.39 is 0 Å². The number of thioether (sulfide) groups is 1. The summed E-state index contributed by atoms with van der Waals surface area (Å²) in [5, 5.41) is 8.72. The SMILES string of the molecule is C=CCSc1nnc2c(=O)n(-c3cccc(OC)c3)ccn12. The number of hydrogen-bond acceptors (Lipinski definition) is 5. The Hall–Kier alpha value is -2.54. The van der Waals surface area contributed by atoms with Gasteiger partial charge in [0.1, 0.15) is 5.75 Å². The van der Waals surface area contributed by atoms with Crippen molar-refractivity contribution in [2.45, 2.75) is 5.16 Å². The van der Waals surface area contributed by atoms with E-state index >= 15 is 0 Å². The molecule has 22 heavy (non-hydrogen) atoms.